The zero-order valence-corrected chi connectivity index (χ0v) is 15.5. The molecule has 0 aliphatic rings. The number of nitrogens with zero attached hydrogens (tertiary/aromatic N) is 2. The Bertz CT molecular complexity index is 924. The lowest BCUT2D eigenvalue weighted by Gasteiger charge is -2.09. The lowest BCUT2D eigenvalue weighted by molar-refractivity contribution is 0.102. The standard InChI is InChI=1S/C21H23N3O2/c1-14-5-6-17(4)20(12-14)22-21(25)19-7-8-24(23-19)13-26-18-10-15(2)9-16(3)11-18/h5-12H,13H2,1-4H3,(H,22,25). The Balaban J connectivity index is 1.65. The maximum Gasteiger partial charge on any atom is 0.276 e. The molecule has 5 nitrogen and oxygen atoms in total. The van der Waals surface area contributed by atoms with Gasteiger partial charge < -0.3 is 10.1 Å². The van der Waals surface area contributed by atoms with Crippen LogP contribution >= 0.6 is 0 Å². The smallest absolute Gasteiger partial charge is 0.276 e. The van der Waals surface area contributed by atoms with E-state index in [9.17, 15) is 4.79 Å². The second-order valence-electron chi connectivity index (χ2n) is 6.61. The van der Waals surface area contributed by atoms with Gasteiger partial charge in [-0.1, -0.05) is 18.2 Å². The van der Waals surface area contributed by atoms with Crippen LogP contribution in [-0.4, -0.2) is 15.7 Å². The van der Waals surface area contributed by atoms with Gasteiger partial charge in [-0.05, 0) is 74.2 Å². The molecular weight excluding hydrogens is 326 g/mol. The second kappa shape index (κ2) is 7.44. The maximum atomic E-state index is 12.4. The number of benzene rings is 2. The third-order valence-corrected chi connectivity index (χ3v) is 4.07. The zero-order valence-electron chi connectivity index (χ0n) is 15.5. The highest BCUT2D eigenvalue weighted by atomic mass is 16.5. The van der Waals surface area contributed by atoms with Crippen molar-refractivity contribution in [3.05, 3.63) is 76.6 Å². The lowest BCUT2D eigenvalue weighted by atomic mass is 10.1. The van der Waals surface area contributed by atoms with Gasteiger partial charge in [-0.3, -0.25) is 4.79 Å². The molecule has 1 heterocycles. The molecule has 0 aliphatic heterocycles. The molecule has 0 fully saturated rings. The first kappa shape index (κ1) is 17.7. The summed E-state index contributed by atoms with van der Waals surface area (Å²) in [6, 6.07) is 13.7. The van der Waals surface area contributed by atoms with Crippen LogP contribution < -0.4 is 10.1 Å². The average Bonchev–Trinajstić information content (AvgIpc) is 3.04. The molecule has 26 heavy (non-hydrogen) atoms. The minimum absolute atomic E-state index is 0.233. The topological polar surface area (TPSA) is 56.1 Å². The van der Waals surface area contributed by atoms with E-state index in [1.807, 2.05) is 58.0 Å². The van der Waals surface area contributed by atoms with Crippen molar-refractivity contribution in [2.45, 2.75) is 34.4 Å². The minimum Gasteiger partial charge on any atom is -0.471 e. The average molecular weight is 349 g/mol. The van der Waals surface area contributed by atoms with Crippen molar-refractivity contribution >= 4 is 11.6 Å². The van der Waals surface area contributed by atoms with Gasteiger partial charge in [0, 0.05) is 11.9 Å². The number of anilines is 1. The van der Waals surface area contributed by atoms with Crippen molar-refractivity contribution < 1.29 is 9.53 Å². The summed E-state index contributed by atoms with van der Waals surface area (Å²) in [4.78, 5) is 12.4. The molecule has 1 aromatic heterocycles. The van der Waals surface area contributed by atoms with Gasteiger partial charge >= 0.3 is 0 Å². The fourth-order valence-electron chi connectivity index (χ4n) is 2.77. The van der Waals surface area contributed by atoms with Gasteiger partial charge in [0.25, 0.3) is 5.91 Å². The van der Waals surface area contributed by atoms with E-state index in [4.69, 9.17) is 4.74 Å². The first-order valence-corrected chi connectivity index (χ1v) is 8.54. The second-order valence-corrected chi connectivity index (χ2v) is 6.61. The Morgan fingerprint density at radius 3 is 2.46 bits per heavy atom. The third kappa shape index (κ3) is 4.30. The number of carbonyl (C=O) groups excluding carboxylic acids is 1. The molecule has 0 radical (unpaired) electrons. The molecular formula is C21H23N3O2. The molecule has 0 spiro atoms. The number of hydrogen-bond donors (Lipinski definition) is 1. The number of aromatic nitrogens is 2. The number of carbonyl (C=O) groups is 1. The summed E-state index contributed by atoms with van der Waals surface area (Å²) in [7, 11) is 0. The molecule has 5 heteroatoms. The highest BCUT2D eigenvalue weighted by Gasteiger charge is 2.11. The van der Waals surface area contributed by atoms with Crippen LogP contribution in [0.2, 0.25) is 0 Å². The zero-order chi connectivity index (χ0) is 18.7. The molecule has 0 aliphatic carbocycles. The van der Waals surface area contributed by atoms with Crippen LogP contribution in [0.3, 0.4) is 0 Å². The van der Waals surface area contributed by atoms with Gasteiger partial charge in [0.1, 0.15) is 5.75 Å². The molecule has 1 amide bonds. The summed E-state index contributed by atoms with van der Waals surface area (Å²) in [5.41, 5.74) is 5.56. The summed E-state index contributed by atoms with van der Waals surface area (Å²) in [5.74, 6) is 0.559. The molecule has 1 N–H and O–H groups in total. The normalized spacial score (nSPS) is 10.6. The van der Waals surface area contributed by atoms with E-state index in [0.717, 1.165) is 33.7 Å². The van der Waals surface area contributed by atoms with Crippen LogP contribution in [0.4, 0.5) is 5.69 Å². The van der Waals surface area contributed by atoms with E-state index in [2.05, 4.69) is 16.5 Å². The molecule has 134 valence electrons. The molecule has 0 unspecified atom stereocenters. The monoisotopic (exact) mass is 349 g/mol. The summed E-state index contributed by atoms with van der Waals surface area (Å²) >= 11 is 0. The lowest BCUT2D eigenvalue weighted by Crippen LogP contribution is -2.15. The Hall–Kier alpha value is -3.08. The minimum atomic E-state index is -0.233. The first-order valence-electron chi connectivity index (χ1n) is 8.54. The van der Waals surface area contributed by atoms with Crippen molar-refractivity contribution in [2.24, 2.45) is 0 Å². The largest absolute Gasteiger partial charge is 0.471 e. The Labute approximate surface area is 153 Å². The number of hydrogen-bond acceptors (Lipinski definition) is 3. The van der Waals surface area contributed by atoms with E-state index in [1.54, 1.807) is 16.9 Å². The Kier molecular flexibility index (Phi) is 5.07. The van der Waals surface area contributed by atoms with Gasteiger partial charge in [-0.2, -0.15) is 5.10 Å². The highest BCUT2D eigenvalue weighted by Crippen LogP contribution is 2.18. The molecule has 3 rings (SSSR count). The van der Waals surface area contributed by atoms with Crippen LogP contribution in [0.5, 0.6) is 5.75 Å². The predicted molar refractivity (Wildman–Crippen MR) is 103 cm³/mol. The van der Waals surface area contributed by atoms with Gasteiger partial charge in [0.05, 0.1) is 0 Å². The van der Waals surface area contributed by atoms with E-state index in [-0.39, 0.29) is 12.6 Å². The molecule has 0 atom stereocenters. The number of amides is 1. The van der Waals surface area contributed by atoms with E-state index in [1.165, 1.54) is 0 Å². The van der Waals surface area contributed by atoms with Crippen LogP contribution in [0, 0.1) is 27.7 Å². The van der Waals surface area contributed by atoms with E-state index < -0.39 is 0 Å². The summed E-state index contributed by atoms with van der Waals surface area (Å²) in [6.07, 6.45) is 1.74. The fourth-order valence-corrected chi connectivity index (χ4v) is 2.77. The van der Waals surface area contributed by atoms with Crippen LogP contribution in [0.1, 0.15) is 32.7 Å². The predicted octanol–water partition coefficient (Wildman–Crippen LogP) is 4.41. The molecule has 2 aromatic carbocycles. The van der Waals surface area contributed by atoms with Crippen LogP contribution in [0.15, 0.2) is 48.7 Å². The molecule has 0 saturated heterocycles. The maximum absolute atomic E-state index is 12.4. The Morgan fingerprint density at radius 1 is 1.00 bits per heavy atom. The quantitative estimate of drug-likeness (QED) is 0.742. The van der Waals surface area contributed by atoms with Crippen molar-refractivity contribution in [1.29, 1.82) is 0 Å². The van der Waals surface area contributed by atoms with Crippen molar-refractivity contribution in [1.82, 2.24) is 9.78 Å². The number of nitrogens with one attached hydrogen (secondary N) is 1. The summed E-state index contributed by atoms with van der Waals surface area (Å²) in [5, 5.41) is 7.21. The number of ether oxygens (including phenoxy) is 1. The highest BCUT2D eigenvalue weighted by molar-refractivity contribution is 6.03. The van der Waals surface area contributed by atoms with Gasteiger partial charge in [-0.15, -0.1) is 0 Å². The first-order chi connectivity index (χ1) is 12.4. The van der Waals surface area contributed by atoms with Crippen molar-refractivity contribution in [2.75, 3.05) is 5.32 Å². The third-order valence-electron chi connectivity index (χ3n) is 4.07. The summed E-state index contributed by atoms with van der Waals surface area (Å²) < 4.78 is 7.38. The number of rotatable bonds is 5. The van der Waals surface area contributed by atoms with Gasteiger partial charge in [-0.25, -0.2) is 4.68 Å². The molecule has 3 aromatic rings. The van der Waals surface area contributed by atoms with Crippen LogP contribution in [-0.2, 0) is 6.73 Å². The van der Waals surface area contributed by atoms with Crippen molar-refractivity contribution in [3.8, 4) is 5.75 Å². The molecule has 0 saturated carbocycles. The van der Waals surface area contributed by atoms with Gasteiger partial charge in [0.15, 0.2) is 12.4 Å². The fraction of sp³-hybridized carbons (Fsp3) is 0.238. The van der Waals surface area contributed by atoms with E-state index >= 15 is 0 Å². The molecule has 0 bridgehead atoms. The Morgan fingerprint density at radius 2 is 1.73 bits per heavy atom. The number of aryl methyl sites for hydroxylation is 4. The van der Waals surface area contributed by atoms with Crippen LogP contribution in [0.25, 0.3) is 0 Å². The van der Waals surface area contributed by atoms with Crippen molar-refractivity contribution in [3.63, 3.8) is 0 Å². The summed E-state index contributed by atoms with van der Waals surface area (Å²) in [6.45, 7) is 8.27. The van der Waals surface area contributed by atoms with E-state index in [0.29, 0.717) is 5.69 Å². The SMILES string of the molecule is Cc1cc(C)cc(OCn2ccc(C(=O)Nc3cc(C)ccc3C)n2)c1. The van der Waals surface area contributed by atoms with Gasteiger partial charge in [0.2, 0.25) is 0 Å².